The van der Waals surface area contributed by atoms with Crippen molar-refractivity contribution in [2.45, 2.75) is 33.1 Å². The number of amides is 3. The van der Waals surface area contributed by atoms with Crippen LogP contribution in [-0.4, -0.2) is 42.3 Å². The maximum Gasteiger partial charge on any atom is 0.255 e. The number of nitrogens with one attached hydrogen (secondary N) is 1. The van der Waals surface area contributed by atoms with Gasteiger partial charge in [-0.1, -0.05) is 30.7 Å². The molecule has 2 fully saturated rings. The first-order valence-corrected chi connectivity index (χ1v) is 11.0. The number of likely N-dealkylation sites (tertiary alicyclic amines) is 1. The van der Waals surface area contributed by atoms with Gasteiger partial charge in [0.1, 0.15) is 0 Å². The minimum atomic E-state index is -0.314. The van der Waals surface area contributed by atoms with Gasteiger partial charge in [-0.25, -0.2) is 0 Å². The highest BCUT2D eigenvalue weighted by Gasteiger charge is 2.38. The molecule has 2 aliphatic rings. The molecular formula is C25H29N3O3. The Hall–Kier alpha value is -3.15. The molecule has 0 aliphatic carbocycles. The monoisotopic (exact) mass is 419 g/mol. The summed E-state index contributed by atoms with van der Waals surface area (Å²) in [5.74, 6) is 0.119. The fourth-order valence-electron chi connectivity index (χ4n) is 4.26. The zero-order valence-electron chi connectivity index (χ0n) is 18.1. The van der Waals surface area contributed by atoms with Crippen LogP contribution in [0.3, 0.4) is 0 Å². The Labute approximate surface area is 183 Å². The Morgan fingerprint density at radius 2 is 1.74 bits per heavy atom. The van der Waals surface area contributed by atoms with Crippen LogP contribution in [0.2, 0.25) is 0 Å². The summed E-state index contributed by atoms with van der Waals surface area (Å²) in [6.07, 6.45) is 2.27. The first kappa shape index (κ1) is 21.1. The van der Waals surface area contributed by atoms with E-state index in [1.807, 2.05) is 42.2 Å². The largest absolute Gasteiger partial charge is 0.342 e. The van der Waals surface area contributed by atoms with Crippen molar-refractivity contribution < 1.29 is 14.4 Å². The van der Waals surface area contributed by atoms with E-state index in [4.69, 9.17) is 0 Å². The molecule has 0 unspecified atom stereocenters. The lowest BCUT2D eigenvalue weighted by molar-refractivity contribution is -0.137. The Morgan fingerprint density at radius 1 is 1.03 bits per heavy atom. The van der Waals surface area contributed by atoms with Crippen LogP contribution >= 0.6 is 0 Å². The van der Waals surface area contributed by atoms with E-state index in [9.17, 15) is 14.4 Å². The number of carbonyl (C=O) groups excluding carboxylic acids is 3. The highest BCUT2D eigenvalue weighted by molar-refractivity contribution is 6.06. The zero-order valence-corrected chi connectivity index (χ0v) is 18.1. The summed E-state index contributed by atoms with van der Waals surface area (Å²) in [6, 6.07) is 14.6. The fraction of sp³-hybridized carbons (Fsp3) is 0.400. The number of rotatable bonds is 4. The van der Waals surface area contributed by atoms with E-state index in [0.29, 0.717) is 23.7 Å². The van der Waals surface area contributed by atoms with Crippen LogP contribution < -0.4 is 10.2 Å². The van der Waals surface area contributed by atoms with Gasteiger partial charge in [-0.15, -0.1) is 0 Å². The minimum Gasteiger partial charge on any atom is -0.342 e. The molecule has 31 heavy (non-hydrogen) atoms. The molecule has 4 rings (SSSR count). The second-order valence-electron chi connectivity index (χ2n) is 8.78. The predicted molar refractivity (Wildman–Crippen MR) is 121 cm³/mol. The number of carbonyl (C=O) groups is 3. The normalized spacial score (nSPS) is 19.5. The molecule has 0 spiro atoms. The number of aryl methyl sites for hydroxylation is 1. The van der Waals surface area contributed by atoms with Crippen molar-refractivity contribution in [3.8, 4) is 0 Å². The SMILES string of the molecule is Cc1ccc(NC(=O)c2cccc(N3C[C@@H](C(=O)N4CCC(C)CC4)CC3=O)c2)cc1. The Kier molecular flexibility index (Phi) is 6.07. The maximum absolute atomic E-state index is 12.9. The molecular weight excluding hydrogens is 390 g/mol. The third-order valence-corrected chi connectivity index (χ3v) is 6.30. The van der Waals surface area contributed by atoms with E-state index in [0.717, 1.165) is 37.2 Å². The molecule has 6 heteroatoms. The van der Waals surface area contributed by atoms with Crippen molar-refractivity contribution in [3.63, 3.8) is 0 Å². The fourth-order valence-corrected chi connectivity index (χ4v) is 4.26. The molecule has 6 nitrogen and oxygen atoms in total. The number of nitrogens with zero attached hydrogens (tertiary/aromatic N) is 2. The second kappa shape index (κ2) is 8.92. The lowest BCUT2D eigenvalue weighted by atomic mass is 9.97. The summed E-state index contributed by atoms with van der Waals surface area (Å²) in [5, 5.41) is 2.88. The average molecular weight is 420 g/mol. The van der Waals surface area contributed by atoms with Gasteiger partial charge in [0, 0.05) is 43.0 Å². The van der Waals surface area contributed by atoms with Gasteiger partial charge >= 0.3 is 0 Å². The Balaban J connectivity index is 1.43. The van der Waals surface area contributed by atoms with Crippen LogP contribution in [0.4, 0.5) is 11.4 Å². The minimum absolute atomic E-state index is 0.0696. The summed E-state index contributed by atoms with van der Waals surface area (Å²) in [7, 11) is 0. The molecule has 2 aliphatic heterocycles. The number of hydrogen-bond acceptors (Lipinski definition) is 3. The molecule has 0 bridgehead atoms. The van der Waals surface area contributed by atoms with Crippen molar-refractivity contribution in [3.05, 3.63) is 59.7 Å². The van der Waals surface area contributed by atoms with E-state index < -0.39 is 0 Å². The van der Waals surface area contributed by atoms with Gasteiger partial charge < -0.3 is 15.1 Å². The van der Waals surface area contributed by atoms with E-state index >= 15 is 0 Å². The van der Waals surface area contributed by atoms with Crippen LogP contribution in [0.15, 0.2) is 48.5 Å². The zero-order chi connectivity index (χ0) is 22.0. The highest BCUT2D eigenvalue weighted by atomic mass is 16.2. The van der Waals surface area contributed by atoms with Gasteiger partial charge in [-0.2, -0.15) is 0 Å². The summed E-state index contributed by atoms with van der Waals surface area (Å²) >= 11 is 0. The molecule has 2 saturated heterocycles. The maximum atomic E-state index is 12.9. The molecule has 0 saturated carbocycles. The van der Waals surface area contributed by atoms with E-state index in [1.54, 1.807) is 23.1 Å². The Morgan fingerprint density at radius 3 is 2.45 bits per heavy atom. The molecule has 2 heterocycles. The van der Waals surface area contributed by atoms with Crippen molar-refractivity contribution in [2.24, 2.45) is 11.8 Å². The first-order chi connectivity index (χ1) is 14.9. The van der Waals surface area contributed by atoms with Gasteiger partial charge in [-0.3, -0.25) is 14.4 Å². The summed E-state index contributed by atoms with van der Waals surface area (Å²) < 4.78 is 0. The van der Waals surface area contributed by atoms with Gasteiger partial charge in [-0.05, 0) is 56.0 Å². The lowest BCUT2D eigenvalue weighted by Crippen LogP contribution is -2.42. The summed E-state index contributed by atoms with van der Waals surface area (Å²) in [6.45, 7) is 6.13. The van der Waals surface area contributed by atoms with Crippen LogP contribution in [0.5, 0.6) is 0 Å². The molecule has 0 radical (unpaired) electrons. The van der Waals surface area contributed by atoms with Crippen molar-refractivity contribution in [1.82, 2.24) is 4.90 Å². The molecule has 1 N–H and O–H groups in total. The van der Waals surface area contributed by atoms with Crippen LogP contribution in [0.25, 0.3) is 0 Å². The summed E-state index contributed by atoms with van der Waals surface area (Å²) in [5.41, 5.74) is 2.98. The van der Waals surface area contributed by atoms with Crippen molar-refractivity contribution in [1.29, 1.82) is 0 Å². The van der Waals surface area contributed by atoms with Gasteiger partial charge in [0.15, 0.2) is 0 Å². The topological polar surface area (TPSA) is 69.7 Å². The molecule has 2 aromatic rings. The van der Waals surface area contributed by atoms with E-state index in [-0.39, 0.29) is 30.1 Å². The Bertz CT molecular complexity index is 978. The van der Waals surface area contributed by atoms with E-state index in [2.05, 4.69) is 12.2 Å². The molecule has 3 amide bonds. The highest BCUT2D eigenvalue weighted by Crippen LogP contribution is 2.28. The molecule has 2 aromatic carbocycles. The van der Waals surface area contributed by atoms with Crippen molar-refractivity contribution in [2.75, 3.05) is 29.9 Å². The molecule has 1 atom stereocenters. The number of hydrogen-bond donors (Lipinski definition) is 1. The standard InChI is InChI=1S/C25H29N3O3/c1-17-6-8-21(9-7-17)26-24(30)19-4-3-5-22(14-19)28-16-20(15-23(28)29)25(31)27-12-10-18(2)11-13-27/h3-9,14,18,20H,10-13,15-16H2,1-2H3,(H,26,30)/t20-/m0/s1. The third kappa shape index (κ3) is 4.79. The summed E-state index contributed by atoms with van der Waals surface area (Å²) in [4.78, 5) is 41.8. The van der Waals surface area contributed by atoms with Crippen LogP contribution in [-0.2, 0) is 9.59 Å². The quantitative estimate of drug-likeness (QED) is 0.818. The second-order valence-corrected chi connectivity index (χ2v) is 8.78. The molecule has 162 valence electrons. The first-order valence-electron chi connectivity index (χ1n) is 11.0. The van der Waals surface area contributed by atoms with Crippen molar-refractivity contribution >= 4 is 29.1 Å². The van der Waals surface area contributed by atoms with Crippen LogP contribution in [0, 0.1) is 18.8 Å². The predicted octanol–water partition coefficient (Wildman–Crippen LogP) is 3.86. The average Bonchev–Trinajstić information content (AvgIpc) is 3.17. The van der Waals surface area contributed by atoms with Gasteiger partial charge in [0.2, 0.25) is 11.8 Å². The third-order valence-electron chi connectivity index (χ3n) is 6.30. The van der Waals surface area contributed by atoms with Gasteiger partial charge in [0.25, 0.3) is 5.91 Å². The molecule has 0 aromatic heterocycles. The number of anilines is 2. The smallest absolute Gasteiger partial charge is 0.255 e. The van der Waals surface area contributed by atoms with Crippen LogP contribution in [0.1, 0.15) is 42.1 Å². The lowest BCUT2D eigenvalue weighted by Gasteiger charge is -2.32. The van der Waals surface area contributed by atoms with Gasteiger partial charge in [0.05, 0.1) is 5.92 Å². The van der Waals surface area contributed by atoms with E-state index in [1.165, 1.54) is 0 Å². The number of piperidine rings is 1. The number of benzene rings is 2.